The number of hydrogen-bond acceptors (Lipinski definition) is 4. The molecule has 0 aliphatic carbocycles. The van der Waals surface area contributed by atoms with Crippen LogP contribution in [-0.4, -0.2) is 45.9 Å². The summed E-state index contributed by atoms with van der Waals surface area (Å²) in [5, 5.41) is 4.41. The van der Waals surface area contributed by atoms with Crippen molar-refractivity contribution in [3.63, 3.8) is 0 Å². The normalized spacial score (nSPS) is 25.7. The van der Waals surface area contributed by atoms with Crippen LogP contribution < -0.4 is 9.47 Å². The molecule has 2 aliphatic heterocycles. The summed E-state index contributed by atoms with van der Waals surface area (Å²) < 4.78 is 13.8. The number of para-hydroxylation sites is 2. The molecule has 1 saturated heterocycles. The van der Waals surface area contributed by atoms with E-state index in [-0.39, 0.29) is 18.1 Å². The van der Waals surface area contributed by atoms with Gasteiger partial charge in [-0.05, 0) is 44.4 Å². The highest BCUT2D eigenvalue weighted by molar-refractivity contribution is 5.82. The number of likely N-dealkylation sites (tertiary alicyclic amines) is 1. The standard InChI is InChI=1S/C19H23N3O3/c1-13-10-20-22(11-13)15-6-5-9-21(12-15)19(23)18-14(2)24-16-7-3-4-8-17(16)25-18/h3-4,7-8,10-11,14-15,18H,5-6,9,12H2,1-2H3/t14-,15+,18-/m0/s1. The second-order valence-electron chi connectivity index (χ2n) is 6.89. The van der Waals surface area contributed by atoms with E-state index in [1.54, 1.807) is 0 Å². The van der Waals surface area contributed by atoms with Gasteiger partial charge in [-0.2, -0.15) is 5.10 Å². The van der Waals surface area contributed by atoms with Crippen molar-refractivity contribution in [2.24, 2.45) is 0 Å². The molecule has 1 amide bonds. The van der Waals surface area contributed by atoms with E-state index in [4.69, 9.17) is 9.47 Å². The Morgan fingerprint density at radius 2 is 2.00 bits per heavy atom. The van der Waals surface area contributed by atoms with E-state index in [0.717, 1.165) is 24.9 Å². The van der Waals surface area contributed by atoms with E-state index in [1.807, 2.05) is 60.1 Å². The molecule has 2 aromatic rings. The number of carbonyl (C=O) groups excluding carboxylic acids is 1. The lowest BCUT2D eigenvalue weighted by Gasteiger charge is -2.38. The van der Waals surface area contributed by atoms with E-state index in [2.05, 4.69) is 5.10 Å². The smallest absolute Gasteiger partial charge is 0.267 e. The van der Waals surface area contributed by atoms with E-state index in [1.165, 1.54) is 0 Å². The Morgan fingerprint density at radius 1 is 1.24 bits per heavy atom. The Kier molecular flexibility index (Phi) is 4.11. The molecular weight excluding hydrogens is 318 g/mol. The van der Waals surface area contributed by atoms with Crippen LogP contribution in [-0.2, 0) is 4.79 Å². The monoisotopic (exact) mass is 341 g/mol. The first-order chi connectivity index (χ1) is 12.1. The van der Waals surface area contributed by atoms with Gasteiger partial charge in [0.2, 0.25) is 6.10 Å². The van der Waals surface area contributed by atoms with Crippen LogP contribution in [0.2, 0.25) is 0 Å². The van der Waals surface area contributed by atoms with Crippen molar-refractivity contribution in [1.29, 1.82) is 0 Å². The Morgan fingerprint density at radius 3 is 2.72 bits per heavy atom. The van der Waals surface area contributed by atoms with Crippen LogP contribution >= 0.6 is 0 Å². The second kappa shape index (κ2) is 6.43. The molecule has 3 heterocycles. The second-order valence-corrected chi connectivity index (χ2v) is 6.89. The molecule has 0 spiro atoms. The van der Waals surface area contributed by atoms with E-state index >= 15 is 0 Å². The number of amides is 1. The third-order valence-corrected chi connectivity index (χ3v) is 4.90. The van der Waals surface area contributed by atoms with Crippen molar-refractivity contribution in [2.75, 3.05) is 13.1 Å². The van der Waals surface area contributed by atoms with Gasteiger partial charge in [-0.3, -0.25) is 9.48 Å². The maximum absolute atomic E-state index is 13.0. The van der Waals surface area contributed by atoms with Gasteiger partial charge in [0.1, 0.15) is 6.10 Å². The highest BCUT2D eigenvalue weighted by Gasteiger charge is 2.38. The van der Waals surface area contributed by atoms with Crippen molar-refractivity contribution in [2.45, 2.75) is 44.9 Å². The Labute approximate surface area is 147 Å². The van der Waals surface area contributed by atoms with Crippen molar-refractivity contribution in [1.82, 2.24) is 14.7 Å². The fourth-order valence-electron chi connectivity index (χ4n) is 3.57. The summed E-state index contributed by atoms with van der Waals surface area (Å²) in [6.07, 6.45) is 4.98. The number of ether oxygens (including phenoxy) is 2. The minimum absolute atomic E-state index is 0.00409. The number of carbonyl (C=O) groups is 1. The summed E-state index contributed by atoms with van der Waals surface area (Å²) in [5.74, 6) is 1.33. The molecule has 1 aromatic carbocycles. The molecule has 1 fully saturated rings. The predicted molar refractivity (Wildman–Crippen MR) is 92.8 cm³/mol. The molecule has 2 aliphatic rings. The van der Waals surface area contributed by atoms with Gasteiger partial charge < -0.3 is 14.4 Å². The fourth-order valence-corrected chi connectivity index (χ4v) is 3.57. The van der Waals surface area contributed by atoms with Gasteiger partial charge in [-0.25, -0.2) is 0 Å². The molecule has 1 aromatic heterocycles. The van der Waals surface area contributed by atoms with Crippen LogP contribution in [0.25, 0.3) is 0 Å². The number of rotatable bonds is 2. The van der Waals surface area contributed by atoms with Crippen molar-refractivity contribution in [3.05, 3.63) is 42.2 Å². The van der Waals surface area contributed by atoms with Crippen LogP contribution in [0.4, 0.5) is 0 Å². The molecule has 0 radical (unpaired) electrons. The molecule has 0 bridgehead atoms. The third-order valence-electron chi connectivity index (χ3n) is 4.90. The maximum Gasteiger partial charge on any atom is 0.267 e. The van der Waals surface area contributed by atoms with Crippen molar-refractivity contribution >= 4 is 5.91 Å². The molecule has 6 heteroatoms. The number of aromatic nitrogens is 2. The van der Waals surface area contributed by atoms with E-state index < -0.39 is 6.10 Å². The summed E-state index contributed by atoms with van der Waals surface area (Å²) in [6, 6.07) is 7.71. The number of nitrogens with zero attached hydrogens (tertiary/aromatic N) is 3. The van der Waals surface area contributed by atoms with E-state index in [0.29, 0.717) is 18.0 Å². The molecule has 3 atom stereocenters. The maximum atomic E-state index is 13.0. The lowest BCUT2D eigenvalue weighted by molar-refractivity contribution is -0.146. The highest BCUT2D eigenvalue weighted by atomic mass is 16.6. The summed E-state index contributed by atoms with van der Waals surface area (Å²) in [7, 11) is 0. The average molecular weight is 341 g/mol. The van der Waals surface area contributed by atoms with Crippen molar-refractivity contribution < 1.29 is 14.3 Å². The molecule has 25 heavy (non-hydrogen) atoms. The zero-order valence-electron chi connectivity index (χ0n) is 14.6. The summed E-state index contributed by atoms with van der Waals surface area (Å²) in [5.41, 5.74) is 1.14. The fraction of sp³-hybridized carbons (Fsp3) is 0.474. The Hall–Kier alpha value is -2.50. The molecule has 0 saturated carbocycles. The molecule has 4 rings (SSSR count). The van der Waals surface area contributed by atoms with Gasteiger partial charge >= 0.3 is 0 Å². The highest BCUT2D eigenvalue weighted by Crippen LogP contribution is 2.34. The topological polar surface area (TPSA) is 56.6 Å². The first-order valence-electron chi connectivity index (χ1n) is 8.83. The first kappa shape index (κ1) is 16.0. The number of benzene rings is 1. The minimum Gasteiger partial charge on any atom is -0.482 e. The minimum atomic E-state index is -0.604. The molecule has 6 nitrogen and oxygen atoms in total. The lowest BCUT2D eigenvalue weighted by Crippen LogP contribution is -2.53. The Bertz CT molecular complexity index is 773. The van der Waals surface area contributed by atoms with Crippen LogP contribution in [0.15, 0.2) is 36.7 Å². The van der Waals surface area contributed by atoms with Crippen molar-refractivity contribution in [3.8, 4) is 11.5 Å². The first-order valence-corrected chi connectivity index (χ1v) is 8.83. The zero-order valence-corrected chi connectivity index (χ0v) is 14.6. The predicted octanol–water partition coefficient (Wildman–Crippen LogP) is 2.58. The third kappa shape index (κ3) is 3.08. The van der Waals surface area contributed by atoms with Crippen LogP contribution in [0, 0.1) is 6.92 Å². The van der Waals surface area contributed by atoms with Gasteiger partial charge in [0, 0.05) is 19.3 Å². The van der Waals surface area contributed by atoms with Crippen LogP contribution in [0.1, 0.15) is 31.4 Å². The molecule has 132 valence electrons. The van der Waals surface area contributed by atoms with Gasteiger partial charge in [0.25, 0.3) is 5.91 Å². The van der Waals surface area contributed by atoms with E-state index in [9.17, 15) is 4.79 Å². The summed E-state index contributed by atoms with van der Waals surface area (Å²) in [6.45, 7) is 5.33. The SMILES string of the molecule is Cc1cnn([C@@H]2CCCN(C(=O)[C@H]3Oc4ccccc4O[C@H]3C)C2)c1. The summed E-state index contributed by atoms with van der Waals surface area (Å²) in [4.78, 5) is 14.9. The molecular formula is C19H23N3O3. The number of aryl methyl sites for hydroxylation is 1. The zero-order chi connectivity index (χ0) is 17.4. The summed E-state index contributed by atoms with van der Waals surface area (Å²) >= 11 is 0. The van der Waals surface area contributed by atoms with Crippen LogP contribution in [0.3, 0.4) is 0 Å². The Balaban J connectivity index is 1.49. The lowest BCUT2D eigenvalue weighted by atomic mass is 10.0. The van der Waals surface area contributed by atoms with Gasteiger partial charge in [0.05, 0.1) is 12.2 Å². The number of piperidine rings is 1. The largest absolute Gasteiger partial charge is 0.482 e. The average Bonchev–Trinajstić information content (AvgIpc) is 3.07. The van der Waals surface area contributed by atoms with Gasteiger partial charge in [-0.1, -0.05) is 12.1 Å². The molecule has 0 N–H and O–H groups in total. The molecule has 0 unspecified atom stereocenters. The number of fused-ring (bicyclic) bond motifs is 1. The van der Waals surface area contributed by atoms with Gasteiger partial charge in [-0.15, -0.1) is 0 Å². The van der Waals surface area contributed by atoms with Gasteiger partial charge in [0.15, 0.2) is 11.5 Å². The van der Waals surface area contributed by atoms with Crippen LogP contribution in [0.5, 0.6) is 11.5 Å². The quantitative estimate of drug-likeness (QED) is 0.842. The number of hydrogen-bond donors (Lipinski definition) is 0.